The highest BCUT2D eigenvalue weighted by atomic mass is 16.7. The minimum absolute atomic E-state index is 0.0229. The van der Waals surface area contributed by atoms with Gasteiger partial charge in [-0.2, -0.15) is 0 Å². The van der Waals surface area contributed by atoms with Gasteiger partial charge in [0.05, 0.1) is 36.6 Å². The molecule has 4 aliphatic carbocycles. The second kappa shape index (κ2) is 13.0. The van der Waals surface area contributed by atoms with E-state index in [4.69, 9.17) is 28.4 Å². The Morgan fingerprint density at radius 2 is 1.72 bits per heavy atom. The molecular formula is C38H61NO11. The Balaban J connectivity index is 1.11. The largest absolute Gasteiger partial charge is 0.393 e. The highest BCUT2D eigenvalue weighted by molar-refractivity contribution is 5.81. The summed E-state index contributed by atoms with van der Waals surface area (Å²) in [6.07, 6.45) is 0.152. The van der Waals surface area contributed by atoms with Crippen molar-refractivity contribution in [2.45, 2.75) is 172 Å². The fourth-order valence-corrected chi connectivity index (χ4v) is 12.7. The number of amides is 1. The summed E-state index contributed by atoms with van der Waals surface area (Å²) in [4.78, 5) is 13.2. The van der Waals surface area contributed by atoms with Crippen LogP contribution in [0.1, 0.15) is 92.9 Å². The van der Waals surface area contributed by atoms with Crippen molar-refractivity contribution in [3.8, 4) is 0 Å². The zero-order valence-corrected chi connectivity index (χ0v) is 31.0. The van der Waals surface area contributed by atoms with E-state index >= 15 is 0 Å². The molecule has 0 spiro atoms. The van der Waals surface area contributed by atoms with E-state index in [1.165, 1.54) is 12.7 Å². The number of carbonyl (C=O) groups is 1. The number of allylic oxidation sites excluding steroid dienone is 1. The van der Waals surface area contributed by atoms with Crippen molar-refractivity contribution >= 4 is 5.91 Å². The third-order valence-electron chi connectivity index (χ3n) is 15.1. The quantitative estimate of drug-likeness (QED) is 0.247. The van der Waals surface area contributed by atoms with Gasteiger partial charge in [-0.3, -0.25) is 4.79 Å². The van der Waals surface area contributed by atoms with E-state index in [-0.39, 0.29) is 23.3 Å². The average molecular weight is 708 g/mol. The van der Waals surface area contributed by atoms with Gasteiger partial charge in [0.15, 0.2) is 12.6 Å². The molecule has 0 aromatic carbocycles. The fraction of sp³-hybridized carbons (Fsp3) is 0.921. The lowest BCUT2D eigenvalue weighted by molar-refractivity contribution is -0.346. The molecule has 3 saturated heterocycles. The molecular weight excluding hydrogens is 646 g/mol. The number of aliphatic hydroxyl groups is 4. The van der Waals surface area contributed by atoms with Crippen LogP contribution in [0.4, 0.5) is 0 Å². The molecule has 19 unspecified atom stereocenters. The maximum atomic E-state index is 13.2. The van der Waals surface area contributed by atoms with Crippen LogP contribution in [0.15, 0.2) is 11.6 Å². The normalized spacial score (nSPS) is 55.3. The van der Waals surface area contributed by atoms with E-state index < -0.39 is 83.9 Å². The highest BCUT2D eigenvalue weighted by Gasteiger charge is 2.78. The number of fused-ring (bicyclic) bond motifs is 7. The van der Waals surface area contributed by atoms with E-state index in [0.29, 0.717) is 24.7 Å². The van der Waals surface area contributed by atoms with Crippen LogP contribution in [0.5, 0.6) is 0 Å². The van der Waals surface area contributed by atoms with Crippen molar-refractivity contribution in [2.24, 2.45) is 34.0 Å². The first-order chi connectivity index (χ1) is 23.5. The van der Waals surface area contributed by atoms with Crippen molar-refractivity contribution in [2.75, 3.05) is 14.2 Å². The first kappa shape index (κ1) is 37.1. The molecule has 0 bridgehead atoms. The Kier molecular flexibility index (Phi) is 9.65. The summed E-state index contributed by atoms with van der Waals surface area (Å²) in [5, 5.41) is 48.3. The summed E-state index contributed by atoms with van der Waals surface area (Å²) in [7, 11) is 3.02. The predicted octanol–water partition coefficient (Wildman–Crippen LogP) is 2.58. The number of ether oxygens (including phenoxy) is 6. The average Bonchev–Trinajstić information content (AvgIpc) is 3.45. The van der Waals surface area contributed by atoms with E-state index in [1.807, 2.05) is 13.8 Å². The van der Waals surface area contributed by atoms with Crippen LogP contribution in [0.3, 0.4) is 0 Å². The monoisotopic (exact) mass is 707 g/mol. The molecule has 50 heavy (non-hydrogen) atoms. The van der Waals surface area contributed by atoms with Gasteiger partial charge in [0, 0.05) is 37.9 Å². The smallest absolute Gasteiger partial charge is 0.220 e. The molecule has 3 aliphatic heterocycles. The molecule has 12 heteroatoms. The molecule has 7 rings (SSSR count). The second-order valence-electron chi connectivity index (χ2n) is 17.5. The summed E-state index contributed by atoms with van der Waals surface area (Å²) < 4.78 is 36.5. The lowest BCUT2D eigenvalue weighted by Gasteiger charge is -2.61. The molecule has 0 aromatic heterocycles. The molecule has 19 atom stereocenters. The van der Waals surface area contributed by atoms with Gasteiger partial charge in [-0.15, -0.1) is 0 Å². The lowest BCUT2D eigenvalue weighted by Crippen LogP contribution is -2.65. The van der Waals surface area contributed by atoms with Crippen LogP contribution in [0.25, 0.3) is 0 Å². The minimum Gasteiger partial charge on any atom is -0.393 e. The number of hydrogen-bond acceptors (Lipinski definition) is 11. The first-order valence-corrected chi connectivity index (χ1v) is 19.0. The highest BCUT2D eigenvalue weighted by Crippen LogP contribution is 2.74. The summed E-state index contributed by atoms with van der Waals surface area (Å²) in [6, 6.07) is -0.482. The third-order valence-corrected chi connectivity index (χ3v) is 15.1. The lowest BCUT2D eigenvalue weighted by atomic mass is 9.44. The van der Waals surface area contributed by atoms with Crippen LogP contribution in [-0.2, 0) is 33.2 Å². The standard InChI is InChI=1S/C38H61NO11/c1-18-28(42)31(46-8)29(43)33(48-18)50-30-19(2)47-27(16-25(30)45-7)49-20(3)38(44)34-36(5,17-26(41)39-34)32-23-10-9-21-15-22(40)11-13-35(21,4)24(23)12-14-37(32,38)6/h9,18-20,22-25,27-34,40,42-44H,10-17H2,1-8H3,(H,39,41). The zero-order chi connectivity index (χ0) is 36.1. The van der Waals surface area contributed by atoms with Crippen LogP contribution in [-0.4, -0.2) is 120 Å². The molecule has 12 nitrogen and oxygen atoms in total. The number of rotatable bonds is 7. The number of hydrogen-bond donors (Lipinski definition) is 5. The second-order valence-corrected chi connectivity index (χ2v) is 17.5. The van der Waals surface area contributed by atoms with Gasteiger partial charge in [0.25, 0.3) is 0 Å². The van der Waals surface area contributed by atoms with Crippen LogP contribution >= 0.6 is 0 Å². The molecule has 7 aliphatic rings. The minimum atomic E-state index is -1.37. The topological polar surface area (TPSA) is 165 Å². The van der Waals surface area contributed by atoms with Crippen LogP contribution in [0.2, 0.25) is 0 Å². The third kappa shape index (κ3) is 5.33. The number of aliphatic hydroxyl groups excluding tert-OH is 3. The fourth-order valence-electron chi connectivity index (χ4n) is 12.7. The first-order valence-electron chi connectivity index (χ1n) is 19.0. The molecule has 0 radical (unpaired) electrons. The van der Waals surface area contributed by atoms with Crippen molar-refractivity contribution in [1.82, 2.24) is 5.32 Å². The summed E-state index contributed by atoms with van der Waals surface area (Å²) >= 11 is 0. The van der Waals surface area contributed by atoms with Gasteiger partial charge in [-0.1, -0.05) is 32.4 Å². The molecule has 3 saturated carbocycles. The summed E-state index contributed by atoms with van der Waals surface area (Å²) in [5.74, 6) is 0.793. The number of nitrogens with one attached hydrogen (secondary N) is 1. The van der Waals surface area contributed by atoms with Gasteiger partial charge in [0.2, 0.25) is 5.91 Å². The molecule has 0 aromatic rings. The Morgan fingerprint density at radius 1 is 0.980 bits per heavy atom. The van der Waals surface area contributed by atoms with Crippen molar-refractivity contribution in [1.29, 1.82) is 0 Å². The van der Waals surface area contributed by atoms with Gasteiger partial charge < -0.3 is 54.2 Å². The Morgan fingerprint density at radius 3 is 2.42 bits per heavy atom. The van der Waals surface area contributed by atoms with Crippen molar-refractivity contribution in [3.05, 3.63) is 11.6 Å². The number of carbonyl (C=O) groups excluding carboxylic acids is 1. The van der Waals surface area contributed by atoms with Gasteiger partial charge >= 0.3 is 0 Å². The van der Waals surface area contributed by atoms with Crippen molar-refractivity contribution < 1.29 is 53.6 Å². The van der Waals surface area contributed by atoms with E-state index in [1.54, 1.807) is 14.0 Å². The maximum Gasteiger partial charge on any atom is 0.220 e. The number of methoxy groups -OCH3 is 2. The van der Waals surface area contributed by atoms with E-state index in [2.05, 4.69) is 32.2 Å². The molecule has 3 heterocycles. The van der Waals surface area contributed by atoms with Crippen LogP contribution in [0, 0.1) is 34.0 Å². The van der Waals surface area contributed by atoms with Crippen LogP contribution < -0.4 is 5.32 Å². The van der Waals surface area contributed by atoms with E-state index in [0.717, 1.165) is 38.5 Å². The van der Waals surface area contributed by atoms with Gasteiger partial charge in [-0.05, 0) is 82.5 Å². The van der Waals surface area contributed by atoms with Gasteiger partial charge in [-0.25, -0.2) is 0 Å². The SMILES string of the molecule is COC1CC(OC(C)C2(O)C3NC(=O)CC3(C)C3C4CC=C5CC(O)CCC5(C)C4CCC32C)OC(C)C1OC1OC(C)C(O)C(OC)C1O. The maximum absolute atomic E-state index is 13.2. The zero-order valence-electron chi connectivity index (χ0n) is 31.0. The molecule has 6 fully saturated rings. The Bertz CT molecular complexity index is 1330. The van der Waals surface area contributed by atoms with E-state index in [9.17, 15) is 25.2 Å². The Labute approximate surface area is 296 Å². The predicted molar refractivity (Wildman–Crippen MR) is 180 cm³/mol. The molecule has 1 amide bonds. The molecule has 5 N–H and O–H groups in total. The Hall–Kier alpha value is -1.19. The van der Waals surface area contributed by atoms with Crippen molar-refractivity contribution in [3.63, 3.8) is 0 Å². The summed E-state index contributed by atoms with van der Waals surface area (Å²) in [5.41, 5.74) is -0.947. The molecule has 284 valence electrons. The summed E-state index contributed by atoms with van der Waals surface area (Å²) in [6.45, 7) is 12.3. The van der Waals surface area contributed by atoms with Gasteiger partial charge in [0.1, 0.15) is 30.0 Å².